The van der Waals surface area contributed by atoms with Gasteiger partial charge in [-0.15, -0.1) is 0 Å². The Morgan fingerprint density at radius 3 is 2.60 bits per heavy atom. The monoisotopic (exact) mass is 356 g/mol. The minimum Gasteiger partial charge on any atom is -0.508 e. The maximum absolute atomic E-state index is 12.1. The summed E-state index contributed by atoms with van der Waals surface area (Å²) in [5, 5.41) is 14.5. The van der Waals surface area contributed by atoms with E-state index < -0.39 is 11.5 Å². The molecule has 0 aliphatic heterocycles. The van der Waals surface area contributed by atoms with Crippen molar-refractivity contribution in [3.8, 4) is 5.75 Å². The molecule has 0 saturated carbocycles. The maximum atomic E-state index is 12.1. The molecule has 0 radical (unpaired) electrons. The van der Waals surface area contributed by atoms with Gasteiger partial charge in [-0.05, 0) is 49.4 Å². The number of rotatable bonds is 3. The van der Waals surface area contributed by atoms with E-state index in [4.69, 9.17) is 16.0 Å². The maximum Gasteiger partial charge on any atom is 0.345 e. The average molecular weight is 357 g/mol. The van der Waals surface area contributed by atoms with Crippen LogP contribution in [0.15, 0.2) is 62.8 Å². The number of halogens is 1. The number of phenolic OH excluding ortho intramolecular Hbond substituents is 1. The van der Waals surface area contributed by atoms with Crippen LogP contribution in [0.5, 0.6) is 5.75 Å². The molecule has 7 heteroatoms. The summed E-state index contributed by atoms with van der Waals surface area (Å²) in [6, 6.07) is 12.4. The van der Waals surface area contributed by atoms with Crippen molar-refractivity contribution in [2.24, 2.45) is 5.10 Å². The topological polar surface area (TPSA) is 91.9 Å². The van der Waals surface area contributed by atoms with Gasteiger partial charge in [0.25, 0.3) is 5.91 Å². The zero-order valence-corrected chi connectivity index (χ0v) is 13.9. The van der Waals surface area contributed by atoms with E-state index in [1.165, 1.54) is 12.1 Å². The Bertz CT molecular complexity index is 1040. The van der Waals surface area contributed by atoms with Crippen molar-refractivity contribution in [2.75, 3.05) is 0 Å². The van der Waals surface area contributed by atoms with Crippen LogP contribution in [-0.2, 0) is 0 Å². The Balaban J connectivity index is 1.87. The Morgan fingerprint density at radius 1 is 1.16 bits per heavy atom. The largest absolute Gasteiger partial charge is 0.508 e. The summed E-state index contributed by atoms with van der Waals surface area (Å²) < 4.78 is 5.18. The molecule has 3 rings (SSSR count). The summed E-state index contributed by atoms with van der Waals surface area (Å²) in [5.74, 6) is -0.421. The number of hydrazone groups is 1. The third-order valence-corrected chi connectivity index (χ3v) is 3.79. The van der Waals surface area contributed by atoms with E-state index in [1.54, 1.807) is 43.3 Å². The zero-order chi connectivity index (χ0) is 18.0. The third kappa shape index (κ3) is 3.70. The standard InChI is InChI=1S/C18H13ClN2O4/c1-10(20-21-17(23)11-2-5-13(19)6-3-11)15-8-12-4-7-14(22)9-16(12)25-18(15)24/h2-9,22H,1H3,(H,21,23)/b20-10+. The molecule has 6 nitrogen and oxygen atoms in total. The smallest absolute Gasteiger partial charge is 0.345 e. The highest BCUT2D eigenvalue weighted by atomic mass is 35.5. The Hall–Kier alpha value is -3.12. The van der Waals surface area contributed by atoms with Crippen LogP contribution in [0.3, 0.4) is 0 Å². The van der Waals surface area contributed by atoms with Crippen LogP contribution in [0.4, 0.5) is 0 Å². The van der Waals surface area contributed by atoms with Gasteiger partial charge < -0.3 is 9.52 Å². The van der Waals surface area contributed by atoms with Crippen LogP contribution in [0.25, 0.3) is 11.0 Å². The van der Waals surface area contributed by atoms with Gasteiger partial charge in [0.2, 0.25) is 0 Å². The molecule has 1 heterocycles. The lowest BCUT2D eigenvalue weighted by Crippen LogP contribution is -2.21. The predicted molar refractivity (Wildman–Crippen MR) is 95.3 cm³/mol. The highest BCUT2D eigenvalue weighted by molar-refractivity contribution is 6.30. The Kier molecular flexibility index (Phi) is 4.54. The van der Waals surface area contributed by atoms with E-state index in [9.17, 15) is 14.7 Å². The summed E-state index contributed by atoms with van der Waals surface area (Å²) in [6.07, 6.45) is 0. The number of amides is 1. The molecule has 0 unspecified atom stereocenters. The lowest BCUT2D eigenvalue weighted by atomic mass is 10.1. The highest BCUT2D eigenvalue weighted by Crippen LogP contribution is 2.19. The number of phenols is 1. The molecular weight excluding hydrogens is 344 g/mol. The average Bonchev–Trinajstić information content (AvgIpc) is 2.59. The van der Waals surface area contributed by atoms with Gasteiger partial charge in [-0.1, -0.05) is 11.6 Å². The van der Waals surface area contributed by atoms with Crippen molar-refractivity contribution >= 4 is 34.2 Å². The van der Waals surface area contributed by atoms with Crippen molar-refractivity contribution in [1.82, 2.24) is 5.43 Å². The fraction of sp³-hybridized carbons (Fsp3) is 0.0556. The SMILES string of the molecule is C/C(=N\NC(=O)c1ccc(Cl)cc1)c1cc2ccc(O)cc2oc1=O. The quantitative estimate of drug-likeness (QED) is 0.428. The van der Waals surface area contributed by atoms with E-state index >= 15 is 0 Å². The first kappa shape index (κ1) is 16.7. The second-order valence-electron chi connectivity index (χ2n) is 5.31. The fourth-order valence-corrected chi connectivity index (χ4v) is 2.34. The molecule has 126 valence electrons. The van der Waals surface area contributed by atoms with Crippen LogP contribution >= 0.6 is 11.6 Å². The summed E-state index contributed by atoms with van der Waals surface area (Å²) in [4.78, 5) is 24.1. The van der Waals surface area contributed by atoms with Crippen molar-refractivity contribution in [1.29, 1.82) is 0 Å². The van der Waals surface area contributed by atoms with Gasteiger partial charge in [-0.3, -0.25) is 4.79 Å². The summed E-state index contributed by atoms with van der Waals surface area (Å²) in [6.45, 7) is 1.58. The van der Waals surface area contributed by atoms with Gasteiger partial charge in [0.05, 0.1) is 11.3 Å². The molecule has 0 bridgehead atoms. The number of nitrogens with zero attached hydrogens (tertiary/aromatic N) is 1. The van der Waals surface area contributed by atoms with Gasteiger partial charge in [-0.2, -0.15) is 5.10 Å². The molecule has 1 aromatic heterocycles. The first-order chi connectivity index (χ1) is 11.9. The highest BCUT2D eigenvalue weighted by Gasteiger charge is 2.10. The van der Waals surface area contributed by atoms with Crippen molar-refractivity contribution in [3.05, 3.63) is 75.1 Å². The van der Waals surface area contributed by atoms with Crippen LogP contribution in [-0.4, -0.2) is 16.7 Å². The molecule has 2 aromatic carbocycles. The van der Waals surface area contributed by atoms with E-state index in [2.05, 4.69) is 10.5 Å². The number of aromatic hydroxyl groups is 1. The Labute approximate surface area is 147 Å². The van der Waals surface area contributed by atoms with Crippen molar-refractivity contribution in [2.45, 2.75) is 6.92 Å². The molecule has 0 saturated heterocycles. The second kappa shape index (κ2) is 6.78. The fourth-order valence-electron chi connectivity index (χ4n) is 2.21. The molecule has 0 aliphatic rings. The van der Waals surface area contributed by atoms with E-state index in [0.717, 1.165) is 0 Å². The van der Waals surface area contributed by atoms with Crippen LogP contribution < -0.4 is 11.1 Å². The lowest BCUT2D eigenvalue weighted by Gasteiger charge is -2.04. The number of carbonyl (C=O) groups is 1. The molecule has 3 aromatic rings. The van der Waals surface area contributed by atoms with E-state index in [0.29, 0.717) is 21.7 Å². The molecule has 2 N–H and O–H groups in total. The Morgan fingerprint density at radius 2 is 1.88 bits per heavy atom. The van der Waals surface area contributed by atoms with E-state index in [1.807, 2.05) is 0 Å². The summed E-state index contributed by atoms with van der Waals surface area (Å²) >= 11 is 5.78. The normalized spacial score (nSPS) is 11.5. The van der Waals surface area contributed by atoms with Crippen LogP contribution in [0, 0.1) is 0 Å². The lowest BCUT2D eigenvalue weighted by molar-refractivity contribution is 0.0955. The third-order valence-electron chi connectivity index (χ3n) is 3.54. The van der Waals surface area contributed by atoms with Gasteiger partial charge in [-0.25, -0.2) is 10.2 Å². The number of nitrogens with one attached hydrogen (secondary N) is 1. The second-order valence-corrected chi connectivity index (χ2v) is 5.75. The molecule has 0 atom stereocenters. The molecular formula is C18H13ClN2O4. The zero-order valence-electron chi connectivity index (χ0n) is 13.1. The molecule has 0 spiro atoms. The number of carbonyl (C=O) groups excluding carboxylic acids is 1. The van der Waals surface area contributed by atoms with Gasteiger partial charge in [0.15, 0.2) is 0 Å². The van der Waals surface area contributed by atoms with Gasteiger partial charge in [0, 0.05) is 22.0 Å². The van der Waals surface area contributed by atoms with Crippen molar-refractivity contribution in [3.63, 3.8) is 0 Å². The minimum atomic E-state index is -0.611. The van der Waals surface area contributed by atoms with Crippen LogP contribution in [0.2, 0.25) is 5.02 Å². The number of hydrogen-bond acceptors (Lipinski definition) is 5. The molecule has 25 heavy (non-hydrogen) atoms. The molecule has 0 aliphatic carbocycles. The first-order valence-electron chi connectivity index (χ1n) is 7.31. The predicted octanol–water partition coefficient (Wildman–Crippen LogP) is 3.31. The molecule has 1 amide bonds. The van der Waals surface area contributed by atoms with Gasteiger partial charge in [0.1, 0.15) is 11.3 Å². The minimum absolute atomic E-state index is 0.00372. The summed E-state index contributed by atoms with van der Waals surface area (Å²) in [7, 11) is 0. The summed E-state index contributed by atoms with van der Waals surface area (Å²) in [5.41, 5.74) is 2.95. The van der Waals surface area contributed by atoms with Gasteiger partial charge >= 0.3 is 5.63 Å². The van der Waals surface area contributed by atoms with E-state index in [-0.39, 0.29) is 16.9 Å². The number of fused-ring (bicyclic) bond motifs is 1. The van der Waals surface area contributed by atoms with Crippen LogP contribution in [0.1, 0.15) is 22.8 Å². The van der Waals surface area contributed by atoms with Crippen molar-refractivity contribution < 1.29 is 14.3 Å². The number of hydrogen-bond donors (Lipinski definition) is 2. The first-order valence-corrected chi connectivity index (χ1v) is 7.69. The number of benzene rings is 2. The molecule has 0 fully saturated rings.